The molecule has 1 N–H and O–H groups in total. The Balaban J connectivity index is 2.05. The fraction of sp³-hybridized carbons (Fsp3) is 0.632. The second-order valence-electron chi connectivity index (χ2n) is 6.32. The van der Waals surface area contributed by atoms with E-state index in [4.69, 9.17) is 0 Å². The lowest BCUT2D eigenvalue weighted by Crippen LogP contribution is -2.41. The van der Waals surface area contributed by atoms with Crippen LogP contribution in [0.1, 0.15) is 57.6 Å². The highest BCUT2D eigenvalue weighted by molar-refractivity contribution is 5.78. The average molecular weight is 302 g/mol. The van der Waals surface area contributed by atoms with Crippen LogP contribution in [0.4, 0.5) is 0 Å². The van der Waals surface area contributed by atoms with Gasteiger partial charge in [-0.3, -0.25) is 9.69 Å². The average Bonchev–Trinajstić information content (AvgIpc) is 2.59. The van der Waals surface area contributed by atoms with Crippen LogP contribution in [0, 0.1) is 5.92 Å². The number of benzene rings is 1. The molecule has 0 aromatic heterocycles. The topological polar surface area (TPSA) is 32.3 Å². The first-order valence-electron chi connectivity index (χ1n) is 8.81. The molecule has 1 aliphatic carbocycles. The molecule has 22 heavy (non-hydrogen) atoms. The molecule has 122 valence electrons. The van der Waals surface area contributed by atoms with Crippen LogP contribution in [0.15, 0.2) is 30.3 Å². The Morgan fingerprint density at radius 1 is 1.14 bits per heavy atom. The van der Waals surface area contributed by atoms with Crippen LogP contribution < -0.4 is 5.32 Å². The van der Waals surface area contributed by atoms with Crippen molar-refractivity contribution < 1.29 is 4.79 Å². The van der Waals surface area contributed by atoms with E-state index in [-0.39, 0.29) is 11.9 Å². The van der Waals surface area contributed by atoms with E-state index in [1.807, 2.05) is 6.07 Å². The summed E-state index contributed by atoms with van der Waals surface area (Å²) < 4.78 is 0. The lowest BCUT2D eigenvalue weighted by molar-refractivity contribution is -0.123. The highest BCUT2D eigenvalue weighted by atomic mass is 16.2. The second kappa shape index (κ2) is 8.94. The van der Waals surface area contributed by atoms with Gasteiger partial charge in [-0.1, -0.05) is 63.4 Å². The maximum Gasteiger partial charge on any atom is 0.234 e. The second-order valence-corrected chi connectivity index (χ2v) is 6.32. The molecule has 1 amide bonds. The van der Waals surface area contributed by atoms with E-state index in [0.29, 0.717) is 12.5 Å². The maximum absolute atomic E-state index is 12.4. The van der Waals surface area contributed by atoms with Gasteiger partial charge in [-0.15, -0.1) is 0 Å². The standard InChI is InChI=1S/C19H30N2O/c1-3-21(4-2)15-18(22)20-19(16-11-7-5-8-12-16)17-13-9-6-10-14-17/h5,7-8,11-12,17,19H,3-4,6,9-10,13-15H2,1-2H3,(H,20,22)/t19-/m0/s1. The third-order valence-electron chi connectivity index (χ3n) is 4.86. The number of nitrogens with one attached hydrogen (secondary N) is 1. The SMILES string of the molecule is CCN(CC)CC(=O)N[C@@H](c1ccccc1)C1CCCCC1. The van der Waals surface area contributed by atoms with E-state index in [1.165, 1.54) is 37.7 Å². The quantitative estimate of drug-likeness (QED) is 0.831. The third kappa shape index (κ3) is 4.84. The minimum atomic E-state index is 0.156. The van der Waals surface area contributed by atoms with Crippen molar-refractivity contribution in [2.24, 2.45) is 5.92 Å². The predicted octanol–water partition coefficient (Wildman–Crippen LogP) is 3.77. The molecule has 0 spiro atoms. The Hall–Kier alpha value is -1.35. The molecule has 0 heterocycles. The van der Waals surface area contributed by atoms with E-state index in [0.717, 1.165) is 13.1 Å². The Labute approximate surface area is 135 Å². The zero-order chi connectivity index (χ0) is 15.8. The van der Waals surface area contributed by atoms with Crippen molar-refractivity contribution in [2.45, 2.75) is 52.0 Å². The van der Waals surface area contributed by atoms with E-state index in [9.17, 15) is 4.79 Å². The van der Waals surface area contributed by atoms with Gasteiger partial charge < -0.3 is 5.32 Å². The van der Waals surface area contributed by atoms with Crippen molar-refractivity contribution in [3.63, 3.8) is 0 Å². The van der Waals surface area contributed by atoms with Crippen LogP contribution in [-0.2, 0) is 4.79 Å². The van der Waals surface area contributed by atoms with Crippen LogP contribution in [0.3, 0.4) is 0 Å². The molecule has 1 fully saturated rings. The first kappa shape index (κ1) is 17.0. The fourth-order valence-corrected chi connectivity index (χ4v) is 3.47. The summed E-state index contributed by atoms with van der Waals surface area (Å²) in [5.41, 5.74) is 1.25. The molecule has 1 saturated carbocycles. The van der Waals surface area contributed by atoms with Crippen LogP contribution in [0.2, 0.25) is 0 Å². The van der Waals surface area contributed by atoms with Gasteiger partial charge in [0, 0.05) is 0 Å². The number of nitrogens with zero attached hydrogens (tertiary/aromatic N) is 1. The van der Waals surface area contributed by atoms with Crippen LogP contribution in [0.25, 0.3) is 0 Å². The largest absolute Gasteiger partial charge is 0.348 e. The monoisotopic (exact) mass is 302 g/mol. The molecule has 3 heteroatoms. The van der Waals surface area contributed by atoms with Gasteiger partial charge in [0.1, 0.15) is 0 Å². The Kier molecular flexibility index (Phi) is 6.91. The summed E-state index contributed by atoms with van der Waals surface area (Å²) in [6, 6.07) is 10.7. The highest BCUT2D eigenvalue weighted by Crippen LogP contribution is 2.34. The number of rotatable bonds is 7. The van der Waals surface area contributed by atoms with Crippen molar-refractivity contribution in [1.82, 2.24) is 10.2 Å². The van der Waals surface area contributed by atoms with Gasteiger partial charge in [-0.05, 0) is 37.4 Å². The Morgan fingerprint density at radius 2 is 1.77 bits per heavy atom. The number of carbonyl (C=O) groups excluding carboxylic acids is 1. The number of amides is 1. The van der Waals surface area contributed by atoms with Gasteiger partial charge in [0.15, 0.2) is 0 Å². The van der Waals surface area contributed by atoms with Crippen molar-refractivity contribution in [3.05, 3.63) is 35.9 Å². The Morgan fingerprint density at radius 3 is 2.36 bits per heavy atom. The smallest absolute Gasteiger partial charge is 0.234 e. The number of hydrogen-bond donors (Lipinski definition) is 1. The minimum absolute atomic E-state index is 0.156. The first-order chi connectivity index (χ1) is 10.7. The molecule has 1 atom stereocenters. The summed E-state index contributed by atoms with van der Waals surface area (Å²) >= 11 is 0. The number of likely N-dealkylation sites (N-methyl/N-ethyl adjacent to an activating group) is 1. The molecule has 1 aromatic carbocycles. The molecule has 1 aliphatic rings. The third-order valence-corrected chi connectivity index (χ3v) is 4.86. The van der Waals surface area contributed by atoms with E-state index in [1.54, 1.807) is 0 Å². The Bertz CT molecular complexity index is 436. The summed E-state index contributed by atoms with van der Waals surface area (Å²) in [4.78, 5) is 14.6. The molecule has 0 radical (unpaired) electrons. The highest BCUT2D eigenvalue weighted by Gasteiger charge is 2.26. The number of carbonyl (C=O) groups is 1. The van der Waals surface area contributed by atoms with Crippen molar-refractivity contribution in [3.8, 4) is 0 Å². The van der Waals surface area contributed by atoms with Crippen molar-refractivity contribution in [1.29, 1.82) is 0 Å². The molecule has 0 saturated heterocycles. The van der Waals surface area contributed by atoms with Gasteiger partial charge in [0.05, 0.1) is 12.6 Å². The zero-order valence-corrected chi connectivity index (χ0v) is 14.1. The molecule has 2 rings (SSSR count). The summed E-state index contributed by atoms with van der Waals surface area (Å²) in [6.07, 6.45) is 6.38. The predicted molar refractivity (Wildman–Crippen MR) is 91.7 cm³/mol. The van der Waals surface area contributed by atoms with Crippen LogP contribution >= 0.6 is 0 Å². The zero-order valence-electron chi connectivity index (χ0n) is 14.1. The maximum atomic E-state index is 12.4. The van der Waals surface area contributed by atoms with Crippen molar-refractivity contribution >= 4 is 5.91 Å². The van der Waals surface area contributed by atoms with Gasteiger partial charge in [0.25, 0.3) is 0 Å². The fourth-order valence-electron chi connectivity index (χ4n) is 3.47. The summed E-state index contributed by atoms with van der Waals surface area (Å²) in [6.45, 7) is 6.55. The normalized spacial score (nSPS) is 17.4. The molecule has 3 nitrogen and oxygen atoms in total. The summed E-state index contributed by atoms with van der Waals surface area (Å²) in [5.74, 6) is 0.736. The van der Waals surface area contributed by atoms with Crippen LogP contribution in [0.5, 0.6) is 0 Å². The lowest BCUT2D eigenvalue weighted by Gasteiger charge is -2.32. The summed E-state index contributed by atoms with van der Waals surface area (Å²) in [5, 5.41) is 3.32. The lowest BCUT2D eigenvalue weighted by atomic mass is 9.81. The van der Waals surface area contributed by atoms with E-state index < -0.39 is 0 Å². The molecule has 0 unspecified atom stereocenters. The summed E-state index contributed by atoms with van der Waals surface area (Å²) in [7, 11) is 0. The minimum Gasteiger partial charge on any atom is -0.348 e. The van der Waals surface area contributed by atoms with E-state index >= 15 is 0 Å². The van der Waals surface area contributed by atoms with Gasteiger partial charge in [-0.2, -0.15) is 0 Å². The molecular weight excluding hydrogens is 272 g/mol. The molecule has 1 aromatic rings. The van der Waals surface area contributed by atoms with Gasteiger partial charge in [-0.25, -0.2) is 0 Å². The molecule has 0 bridgehead atoms. The molecule has 0 aliphatic heterocycles. The molecular formula is C19H30N2O. The number of hydrogen-bond acceptors (Lipinski definition) is 2. The van der Waals surface area contributed by atoms with Crippen molar-refractivity contribution in [2.75, 3.05) is 19.6 Å². The van der Waals surface area contributed by atoms with Gasteiger partial charge >= 0.3 is 0 Å². The first-order valence-corrected chi connectivity index (χ1v) is 8.81. The van der Waals surface area contributed by atoms with Crippen LogP contribution in [-0.4, -0.2) is 30.4 Å². The van der Waals surface area contributed by atoms with E-state index in [2.05, 4.69) is 48.3 Å². The van der Waals surface area contributed by atoms with Gasteiger partial charge in [0.2, 0.25) is 5.91 Å².